The van der Waals surface area contributed by atoms with Gasteiger partial charge in [-0.1, -0.05) is 13.8 Å². The summed E-state index contributed by atoms with van der Waals surface area (Å²) in [5, 5.41) is 3.44. The van der Waals surface area contributed by atoms with E-state index >= 15 is 0 Å². The van der Waals surface area contributed by atoms with Crippen molar-refractivity contribution >= 4 is 23.8 Å². The first-order valence-electron chi connectivity index (χ1n) is 13.3. The minimum absolute atomic E-state index is 0.0799. The highest BCUT2D eigenvalue weighted by Gasteiger charge is 2.69. The van der Waals surface area contributed by atoms with Crippen LogP contribution in [0.1, 0.15) is 62.5 Å². The molecule has 3 aliphatic rings. The number of hydrogen-bond acceptors (Lipinski definition) is 5. The van der Waals surface area contributed by atoms with Gasteiger partial charge in [-0.15, -0.1) is 0 Å². The second-order valence-electron chi connectivity index (χ2n) is 12.5. The third-order valence-electron chi connectivity index (χ3n) is 8.00. The maximum absolute atomic E-state index is 13.7. The summed E-state index contributed by atoms with van der Waals surface area (Å²) in [6.45, 7) is 8.43. The average molecular weight is 607 g/mol. The van der Waals surface area contributed by atoms with Crippen LogP contribution < -0.4 is 10.7 Å². The number of carbonyl (C=O) groups excluding carboxylic acids is 4. The number of alkyl halides is 6. The van der Waals surface area contributed by atoms with Crippen molar-refractivity contribution in [1.29, 1.82) is 0 Å². The van der Waals surface area contributed by atoms with E-state index in [1.54, 1.807) is 20.8 Å². The number of nitrogens with one attached hydrogen (secondary N) is 2. The largest absolute Gasteiger partial charge is 0.442 e. The zero-order valence-corrected chi connectivity index (χ0v) is 23.6. The molecule has 3 fully saturated rings. The zero-order chi connectivity index (χ0) is 31.6. The van der Waals surface area contributed by atoms with E-state index in [9.17, 15) is 45.5 Å². The summed E-state index contributed by atoms with van der Waals surface area (Å²) in [5.41, 5.74) is -3.21. The summed E-state index contributed by atoms with van der Waals surface area (Å²) in [7, 11) is 0. The van der Waals surface area contributed by atoms with Crippen LogP contribution in [0.5, 0.6) is 0 Å². The number of halogens is 6. The van der Waals surface area contributed by atoms with Gasteiger partial charge in [0, 0.05) is 18.7 Å². The molecule has 0 spiro atoms. The van der Waals surface area contributed by atoms with E-state index in [0.717, 1.165) is 9.91 Å². The molecule has 232 valence electrons. The molecule has 1 aromatic carbocycles. The highest BCUT2D eigenvalue weighted by Crippen LogP contribution is 2.65. The summed E-state index contributed by atoms with van der Waals surface area (Å²) >= 11 is 0. The molecule has 42 heavy (non-hydrogen) atoms. The van der Waals surface area contributed by atoms with Crippen molar-refractivity contribution in [2.24, 2.45) is 23.2 Å². The van der Waals surface area contributed by atoms with Gasteiger partial charge in [0.2, 0.25) is 5.91 Å². The Morgan fingerprint density at radius 1 is 1.05 bits per heavy atom. The maximum atomic E-state index is 13.7. The van der Waals surface area contributed by atoms with Crippen LogP contribution in [0.25, 0.3) is 0 Å². The molecule has 0 aromatic heterocycles. The lowest BCUT2D eigenvalue weighted by molar-refractivity contribution is -0.143. The zero-order valence-electron chi connectivity index (χ0n) is 23.6. The number of hydrogen-bond donors (Lipinski definition) is 2. The predicted octanol–water partition coefficient (Wildman–Crippen LogP) is 4.23. The van der Waals surface area contributed by atoms with Gasteiger partial charge in [0.1, 0.15) is 11.6 Å². The van der Waals surface area contributed by atoms with Crippen molar-refractivity contribution < 1.29 is 50.3 Å². The van der Waals surface area contributed by atoms with Crippen molar-refractivity contribution in [3.8, 4) is 0 Å². The lowest BCUT2D eigenvalue weighted by Crippen LogP contribution is -2.57. The number of likely N-dealkylation sites (tertiary alicyclic amines) is 1. The molecular weight excluding hydrogens is 574 g/mol. The molecule has 1 saturated carbocycles. The van der Waals surface area contributed by atoms with Crippen LogP contribution in [-0.2, 0) is 26.7 Å². The Morgan fingerprint density at radius 3 is 2.10 bits per heavy atom. The SMILES string of the molecule is CC(C)(C)OC(=O)N(C[C@@H]1CCNC1=O)NC(=O)[C@@H]1[C@@H]2[C@H](CN1C(=O)c1cc(C(F)(F)F)cc(C(F)(F)F)c1)C2(C)C. The van der Waals surface area contributed by atoms with E-state index < -0.39 is 75.8 Å². The van der Waals surface area contributed by atoms with Crippen molar-refractivity contribution in [3.63, 3.8) is 0 Å². The lowest BCUT2D eigenvalue weighted by Gasteiger charge is -2.33. The van der Waals surface area contributed by atoms with E-state index in [1.807, 2.05) is 13.8 Å². The van der Waals surface area contributed by atoms with Gasteiger partial charge in [-0.05, 0) is 62.6 Å². The fraction of sp³-hybridized carbons (Fsp3) is 0.630. The van der Waals surface area contributed by atoms with Crippen LogP contribution in [0.4, 0.5) is 31.1 Å². The van der Waals surface area contributed by atoms with Crippen molar-refractivity contribution in [1.82, 2.24) is 20.7 Å². The average Bonchev–Trinajstić information content (AvgIpc) is 3.19. The monoisotopic (exact) mass is 606 g/mol. The normalized spacial score (nSPS) is 25.0. The maximum Gasteiger partial charge on any atom is 0.429 e. The Labute approximate surface area is 237 Å². The van der Waals surface area contributed by atoms with Crippen LogP contribution in [0.15, 0.2) is 18.2 Å². The minimum Gasteiger partial charge on any atom is -0.442 e. The van der Waals surface area contributed by atoms with E-state index in [4.69, 9.17) is 4.74 Å². The Balaban J connectivity index is 1.65. The number of fused-ring (bicyclic) bond motifs is 1. The highest BCUT2D eigenvalue weighted by molar-refractivity contribution is 5.99. The molecule has 2 N–H and O–H groups in total. The van der Waals surface area contributed by atoms with Gasteiger partial charge in [0.05, 0.1) is 23.6 Å². The van der Waals surface area contributed by atoms with Gasteiger partial charge in [-0.3, -0.25) is 19.8 Å². The van der Waals surface area contributed by atoms with E-state index in [1.165, 1.54) is 0 Å². The molecule has 1 aromatic rings. The molecule has 0 unspecified atom stereocenters. The van der Waals surface area contributed by atoms with Gasteiger partial charge >= 0.3 is 18.4 Å². The number of benzene rings is 1. The second-order valence-corrected chi connectivity index (χ2v) is 12.5. The standard InChI is InChI=1S/C27H32F6N4O5/c1-24(2,3)42-23(41)37(11-13-6-7-34-20(13)38)35-21(39)19-18-17(25(18,4)5)12-36(19)22(40)14-8-15(26(28,29)30)10-16(9-14)27(31,32)33/h8-10,13,17-19H,6-7,11-12H2,1-5H3,(H,34,38)(H,35,39)/t13-,17-,18-,19-/m0/s1. The predicted molar refractivity (Wildman–Crippen MR) is 134 cm³/mol. The highest BCUT2D eigenvalue weighted by atomic mass is 19.4. The van der Waals surface area contributed by atoms with Crippen LogP contribution in [0.2, 0.25) is 0 Å². The summed E-state index contributed by atoms with van der Waals surface area (Å²) < 4.78 is 86.1. The van der Waals surface area contributed by atoms with Crippen LogP contribution in [-0.4, -0.2) is 65.0 Å². The topological polar surface area (TPSA) is 108 Å². The lowest BCUT2D eigenvalue weighted by atomic mass is 9.98. The fourth-order valence-corrected chi connectivity index (χ4v) is 5.76. The summed E-state index contributed by atoms with van der Waals surface area (Å²) in [4.78, 5) is 53.3. The number of rotatable bonds is 4. The summed E-state index contributed by atoms with van der Waals surface area (Å²) in [5.74, 6) is -3.83. The smallest absolute Gasteiger partial charge is 0.429 e. The number of nitrogens with zero attached hydrogens (tertiary/aromatic N) is 2. The molecule has 2 saturated heterocycles. The summed E-state index contributed by atoms with van der Waals surface area (Å²) in [6, 6.07) is -0.743. The number of amides is 4. The van der Waals surface area contributed by atoms with E-state index in [0.29, 0.717) is 25.1 Å². The number of carbonyl (C=O) groups is 4. The first kappa shape index (κ1) is 31.4. The fourth-order valence-electron chi connectivity index (χ4n) is 5.76. The molecule has 9 nitrogen and oxygen atoms in total. The first-order valence-corrected chi connectivity index (χ1v) is 13.3. The molecule has 4 atom stereocenters. The molecule has 4 rings (SSSR count). The van der Waals surface area contributed by atoms with Crippen molar-refractivity contribution in [2.45, 2.75) is 65.0 Å². The van der Waals surface area contributed by atoms with Gasteiger partial charge in [-0.2, -0.15) is 26.3 Å². The molecule has 15 heteroatoms. The third kappa shape index (κ3) is 6.28. The quantitative estimate of drug-likeness (QED) is 0.394. The molecular formula is C27H32F6N4O5. The Hall–Kier alpha value is -3.52. The van der Waals surface area contributed by atoms with E-state index in [2.05, 4.69) is 10.7 Å². The van der Waals surface area contributed by atoms with Crippen LogP contribution in [0.3, 0.4) is 0 Å². The third-order valence-corrected chi connectivity index (χ3v) is 8.00. The number of ether oxygens (including phenoxy) is 1. The molecule has 0 radical (unpaired) electrons. The molecule has 4 amide bonds. The molecule has 2 heterocycles. The molecule has 0 bridgehead atoms. The van der Waals surface area contributed by atoms with Crippen molar-refractivity contribution in [3.05, 3.63) is 34.9 Å². The van der Waals surface area contributed by atoms with Crippen LogP contribution in [0, 0.1) is 23.2 Å². The van der Waals surface area contributed by atoms with Crippen LogP contribution >= 0.6 is 0 Å². The number of piperidine rings is 1. The van der Waals surface area contributed by atoms with E-state index in [-0.39, 0.29) is 31.0 Å². The second kappa shape index (κ2) is 10.3. The number of hydrazine groups is 1. The molecule has 2 aliphatic heterocycles. The Morgan fingerprint density at radius 2 is 1.62 bits per heavy atom. The van der Waals surface area contributed by atoms with Gasteiger partial charge in [0.15, 0.2) is 0 Å². The van der Waals surface area contributed by atoms with Gasteiger partial charge < -0.3 is 15.0 Å². The Bertz CT molecular complexity index is 1260. The van der Waals surface area contributed by atoms with Gasteiger partial charge in [-0.25, -0.2) is 9.80 Å². The minimum atomic E-state index is -5.16. The summed E-state index contributed by atoms with van der Waals surface area (Å²) in [6.07, 6.45) is -10.9. The molecule has 1 aliphatic carbocycles. The van der Waals surface area contributed by atoms with Gasteiger partial charge in [0.25, 0.3) is 11.8 Å². The Kier molecular flexibility index (Phi) is 7.73. The van der Waals surface area contributed by atoms with Crippen molar-refractivity contribution in [2.75, 3.05) is 19.6 Å². The first-order chi connectivity index (χ1) is 19.1.